The fourth-order valence-corrected chi connectivity index (χ4v) is 3.52. The van der Waals surface area contributed by atoms with Gasteiger partial charge in [-0.15, -0.1) is 0 Å². The third-order valence-electron chi connectivity index (χ3n) is 3.68. The van der Waals surface area contributed by atoms with Crippen LogP contribution in [0.25, 0.3) is 0 Å². The topological polar surface area (TPSA) is 32.3 Å². The third kappa shape index (κ3) is 4.75. The molecule has 4 heteroatoms. The Labute approximate surface area is 128 Å². The van der Waals surface area contributed by atoms with E-state index in [2.05, 4.69) is 21.2 Å². The molecule has 1 aliphatic heterocycles. The Morgan fingerprint density at radius 1 is 1.47 bits per heavy atom. The van der Waals surface area contributed by atoms with E-state index in [9.17, 15) is 5.11 Å². The maximum Gasteiger partial charge on any atom is 0.0675 e. The number of aliphatic hydroxyl groups is 1. The van der Waals surface area contributed by atoms with Crippen molar-refractivity contribution in [1.82, 2.24) is 5.32 Å². The van der Waals surface area contributed by atoms with E-state index in [-0.39, 0.29) is 0 Å². The van der Waals surface area contributed by atoms with Crippen LogP contribution in [0.5, 0.6) is 0 Å². The molecule has 1 aliphatic rings. The molecule has 0 radical (unpaired) electrons. The largest absolute Gasteiger partial charge is 0.390 e. The SMILES string of the molecule is CC(O)(Cc1ccc(Br)cc1Cl)CC1CCCCN1. The number of hydrogen-bond donors (Lipinski definition) is 2. The first-order valence-electron chi connectivity index (χ1n) is 6.86. The van der Waals surface area contributed by atoms with Gasteiger partial charge in [-0.2, -0.15) is 0 Å². The van der Waals surface area contributed by atoms with E-state index in [1.165, 1.54) is 12.8 Å². The number of benzene rings is 1. The van der Waals surface area contributed by atoms with Crippen molar-refractivity contribution in [3.8, 4) is 0 Å². The molecule has 1 heterocycles. The number of piperidine rings is 1. The van der Waals surface area contributed by atoms with Crippen LogP contribution in [0.15, 0.2) is 22.7 Å². The van der Waals surface area contributed by atoms with E-state index in [1.54, 1.807) is 0 Å². The zero-order valence-corrected chi connectivity index (χ0v) is 13.6. The molecule has 2 atom stereocenters. The summed E-state index contributed by atoms with van der Waals surface area (Å²) >= 11 is 9.62. The summed E-state index contributed by atoms with van der Waals surface area (Å²) in [6.07, 6.45) is 5.03. The van der Waals surface area contributed by atoms with Crippen molar-refractivity contribution in [3.63, 3.8) is 0 Å². The molecule has 2 nitrogen and oxygen atoms in total. The fraction of sp³-hybridized carbons (Fsp3) is 0.600. The van der Waals surface area contributed by atoms with E-state index in [4.69, 9.17) is 11.6 Å². The van der Waals surface area contributed by atoms with Gasteiger partial charge in [0.2, 0.25) is 0 Å². The number of rotatable bonds is 4. The van der Waals surface area contributed by atoms with Crippen molar-refractivity contribution in [2.24, 2.45) is 0 Å². The molecule has 106 valence electrons. The van der Waals surface area contributed by atoms with Crippen molar-refractivity contribution in [2.45, 2.75) is 50.7 Å². The predicted molar refractivity (Wildman–Crippen MR) is 83.7 cm³/mol. The Morgan fingerprint density at radius 3 is 2.89 bits per heavy atom. The van der Waals surface area contributed by atoms with Gasteiger partial charge in [0.15, 0.2) is 0 Å². The summed E-state index contributed by atoms with van der Waals surface area (Å²) in [6.45, 7) is 2.97. The molecular formula is C15H21BrClNO. The Balaban J connectivity index is 1.99. The van der Waals surface area contributed by atoms with Crippen LogP contribution >= 0.6 is 27.5 Å². The Kier molecular flexibility index (Phi) is 5.29. The Bertz CT molecular complexity index is 430. The molecule has 0 spiro atoms. The van der Waals surface area contributed by atoms with Gasteiger partial charge < -0.3 is 10.4 Å². The van der Waals surface area contributed by atoms with Crippen molar-refractivity contribution in [1.29, 1.82) is 0 Å². The second-order valence-corrected chi connectivity index (χ2v) is 7.08. The molecule has 0 bridgehead atoms. The van der Waals surface area contributed by atoms with E-state index in [1.807, 2.05) is 25.1 Å². The molecule has 0 saturated carbocycles. The highest BCUT2D eigenvalue weighted by Crippen LogP contribution is 2.28. The second kappa shape index (κ2) is 6.57. The molecule has 2 N–H and O–H groups in total. The monoisotopic (exact) mass is 345 g/mol. The van der Waals surface area contributed by atoms with Crippen LogP contribution in [-0.2, 0) is 6.42 Å². The van der Waals surface area contributed by atoms with Crippen LogP contribution in [0, 0.1) is 0 Å². The first kappa shape index (κ1) is 15.3. The zero-order valence-electron chi connectivity index (χ0n) is 11.3. The summed E-state index contributed by atoms with van der Waals surface area (Å²) in [5.74, 6) is 0. The molecule has 1 aromatic rings. The van der Waals surface area contributed by atoms with Crippen LogP contribution in [0.2, 0.25) is 5.02 Å². The van der Waals surface area contributed by atoms with Crippen LogP contribution in [0.1, 0.15) is 38.2 Å². The highest BCUT2D eigenvalue weighted by Gasteiger charge is 2.27. The minimum atomic E-state index is -0.716. The molecule has 19 heavy (non-hydrogen) atoms. The molecular weight excluding hydrogens is 326 g/mol. The van der Waals surface area contributed by atoms with Crippen LogP contribution in [0.4, 0.5) is 0 Å². The second-order valence-electron chi connectivity index (χ2n) is 5.76. The summed E-state index contributed by atoms with van der Waals surface area (Å²) in [6, 6.07) is 6.26. The van der Waals surface area contributed by atoms with Gasteiger partial charge in [-0.1, -0.05) is 40.0 Å². The normalized spacial score (nSPS) is 23.1. The van der Waals surface area contributed by atoms with Crippen LogP contribution in [-0.4, -0.2) is 23.3 Å². The van der Waals surface area contributed by atoms with Gasteiger partial charge in [-0.05, 0) is 50.4 Å². The van der Waals surface area contributed by atoms with Gasteiger partial charge in [0.1, 0.15) is 0 Å². The Morgan fingerprint density at radius 2 is 2.26 bits per heavy atom. The summed E-state index contributed by atoms with van der Waals surface area (Å²) in [5.41, 5.74) is 0.289. The number of nitrogens with one attached hydrogen (secondary N) is 1. The highest BCUT2D eigenvalue weighted by atomic mass is 79.9. The smallest absolute Gasteiger partial charge is 0.0675 e. The molecule has 0 amide bonds. The number of hydrogen-bond acceptors (Lipinski definition) is 2. The van der Waals surface area contributed by atoms with Crippen molar-refractivity contribution < 1.29 is 5.11 Å². The molecule has 2 unspecified atom stereocenters. The van der Waals surface area contributed by atoms with E-state index in [0.29, 0.717) is 17.5 Å². The average molecular weight is 347 g/mol. The van der Waals surface area contributed by atoms with Crippen LogP contribution < -0.4 is 5.32 Å². The third-order valence-corrected chi connectivity index (χ3v) is 4.53. The van der Waals surface area contributed by atoms with Gasteiger partial charge in [-0.25, -0.2) is 0 Å². The first-order chi connectivity index (χ1) is 8.96. The minimum absolute atomic E-state index is 0.429. The zero-order chi connectivity index (χ0) is 13.9. The minimum Gasteiger partial charge on any atom is -0.390 e. The maximum absolute atomic E-state index is 10.6. The molecule has 0 aliphatic carbocycles. The number of halogens is 2. The van der Waals surface area contributed by atoms with E-state index >= 15 is 0 Å². The van der Waals surface area contributed by atoms with Gasteiger partial charge in [0.05, 0.1) is 5.60 Å². The van der Waals surface area contributed by atoms with Crippen molar-refractivity contribution in [2.75, 3.05) is 6.54 Å². The quantitative estimate of drug-likeness (QED) is 0.866. The lowest BCUT2D eigenvalue weighted by atomic mass is 9.87. The molecule has 1 aromatic carbocycles. The average Bonchev–Trinajstić information content (AvgIpc) is 2.33. The molecule has 1 saturated heterocycles. The van der Waals surface area contributed by atoms with Gasteiger partial charge >= 0.3 is 0 Å². The predicted octanol–water partition coefficient (Wildman–Crippen LogP) is 3.93. The fourth-order valence-electron chi connectivity index (χ4n) is 2.78. The molecule has 2 rings (SSSR count). The van der Waals surface area contributed by atoms with E-state index in [0.717, 1.165) is 29.4 Å². The highest BCUT2D eigenvalue weighted by molar-refractivity contribution is 9.10. The van der Waals surface area contributed by atoms with Crippen molar-refractivity contribution >= 4 is 27.5 Å². The molecule has 1 fully saturated rings. The molecule has 0 aromatic heterocycles. The van der Waals surface area contributed by atoms with Gasteiger partial charge in [-0.3, -0.25) is 0 Å². The van der Waals surface area contributed by atoms with E-state index < -0.39 is 5.60 Å². The summed E-state index contributed by atoms with van der Waals surface area (Å²) < 4.78 is 0.967. The maximum atomic E-state index is 10.6. The lowest BCUT2D eigenvalue weighted by molar-refractivity contribution is 0.0371. The summed E-state index contributed by atoms with van der Waals surface area (Å²) in [4.78, 5) is 0. The lowest BCUT2D eigenvalue weighted by Gasteiger charge is -2.32. The first-order valence-corrected chi connectivity index (χ1v) is 8.03. The van der Waals surface area contributed by atoms with Crippen molar-refractivity contribution in [3.05, 3.63) is 33.3 Å². The standard InChI is InChI=1S/C15H21BrClNO/c1-15(19,10-13-4-2-3-7-18-13)9-11-5-6-12(16)8-14(11)17/h5-6,8,13,18-19H,2-4,7,9-10H2,1H3. The summed E-state index contributed by atoms with van der Waals surface area (Å²) in [7, 11) is 0. The Hall–Kier alpha value is -0.0900. The van der Waals surface area contributed by atoms with Crippen LogP contribution in [0.3, 0.4) is 0 Å². The lowest BCUT2D eigenvalue weighted by Crippen LogP contribution is -2.41. The summed E-state index contributed by atoms with van der Waals surface area (Å²) in [5, 5.41) is 14.8. The van der Waals surface area contributed by atoms with Gasteiger partial charge in [0.25, 0.3) is 0 Å². The van der Waals surface area contributed by atoms with Gasteiger partial charge in [0, 0.05) is 22.0 Å².